The molecule has 0 amide bonds. The van der Waals surface area contributed by atoms with Crippen LogP contribution in [-0.4, -0.2) is 96.7 Å². The van der Waals surface area contributed by atoms with Crippen molar-refractivity contribution < 1.29 is 80.2 Å². The third-order valence-electron chi connectivity index (χ3n) is 16.3. The van der Waals surface area contributed by atoms with Gasteiger partial charge in [-0.2, -0.15) is 0 Å². The number of phosphoric ester groups is 2. The summed E-state index contributed by atoms with van der Waals surface area (Å²) in [6, 6.07) is 0. The zero-order chi connectivity index (χ0) is 66.8. The highest BCUT2D eigenvalue weighted by Gasteiger charge is 2.30. The fraction of sp³-hybridized carbons (Fsp3) is 0.944. The molecule has 534 valence electrons. The lowest BCUT2D eigenvalue weighted by molar-refractivity contribution is -0.161. The van der Waals surface area contributed by atoms with Gasteiger partial charge in [0.05, 0.1) is 26.4 Å². The van der Waals surface area contributed by atoms with Crippen LogP contribution in [0.1, 0.15) is 351 Å². The molecule has 0 rings (SSSR count). The van der Waals surface area contributed by atoms with Crippen LogP contribution in [0.4, 0.5) is 0 Å². The van der Waals surface area contributed by atoms with Gasteiger partial charge in [-0.1, -0.05) is 299 Å². The van der Waals surface area contributed by atoms with Gasteiger partial charge in [0.25, 0.3) is 0 Å². The van der Waals surface area contributed by atoms with Gasteiger partial charge in [0.2, 0.25) is 0 Å². The fourth-order valence-electron chi connectivity index (χ4n) is 10.7. The Labute approximate surface area is 549 Å². The molecule has 0 saturated heterocycles. The third-order valence-corrected chi connectivity index (χ3v) is 18.2. The molecule has 2 unspecified atom stereocenters. The first-order valence-electron chi connectivity index (χ1n) is 36.7. The molecule has 0 bridgehead atoms. The number of carbonyl (C=O) groups is 4. The monoisotopic (exact) mass is 1320 g/mol. The number of carbonyl (C=O) groups excluding carboxylic acids is 4. The second-order valence-corrected chi connectivity index (χ2v) is 30.4. The maximum atomic E-state index is 13.0. The van der Waals surface area contributed by atoms with Gasteiger partial charge < -0.3 is 33.8 Å². The van der Waals surface area contributed by atoms with Crippen LogP contribution in [0.5, 0.6) is 0 Å². The molecule has 0 aromatic carbocycles. The summed E-state index contributed by atoms with van der Waals surface area (Å²) in [5, 5.41) is 10.6. The Balaban J connectivity index is 5.23. The maximum absolute atomic E-state index is 13.0. The number of ether oxygens (including phenoxy) is 4. The van der Waals surface area contributed by atoms with Gasteiger partial charge >= 0.3 is 39.5 Å². The molecule has 0 aliphatic carbocycles. The van der Waals surface area contributed by atoms with Gasteiger partial charge in [-0.05, 0) is 49.4 Å². The van der Waals surface area contributed by atoms with Gasteiger partial charge in [0.15, 0.2) is 12.2 Å². The van der Waals surface area contributed by atoms with Crippen LogP contribution >= 0.6 is 15.6 Å². The van der Waals surface area contributed by atoms with E-state index in [1.165, 1.54) is 148 Å². The van der Waals surface area contributed by atoms with Gasteiger partial charge in [0, 0.05) is 25.7 Å². The first-order valence-corrected chi connectivity index (χ1v) is 39.7. The van der Waals surface area contributed by atoms with Crippen molar-refractivity contribution in [1.29, 1.82) is 0 Å². The number of unbranched alkanes of at least 4 members (excludes halogenated alkanes) is 34. The molecule has 0 aliphatic heterocycles. The Morgan fingerprint density at radius 3 is 0.689 bits per heavy atom. The minimum Gasteiger partial charge on any atom is -0.462 e. The second kappa shape index (κ2) is 60.7. The molecule has 0 aliphatic rings. The quantitative estimate of drug-likeness (QED) is 0.0222. The third kappa shape index (κ3) is 64.8. The average molecular weight is 1330 g/mol. The van der Waals surface area contributed by atoms with E-state index in [0.717, 1.165) is 108 Å². The standard InChI is InChI=1S/C71H138O17P2/c1-61(2)47-39-31-23-18-14-10-9-11-16-20-26-35-43-51-68(73)81-57-66(87-70(75)53-45-37-27-21-17-13-12-15-19-24-32-40-48-62(3)4)59-85-89(77,78)83-55-65(72)56-84-90(79,80)86-60-67(58-82-69(74)52-44-36-30-29-34-42-50-64(7)8)88-71(76)54-46-38-28-22-25-33-41-49-63(5)6/h61-67,72H,9-60H2,1-8H3,(H,77,78)(H,79,80)/t65-,66-,67-/m1/s1. The fourth-order valence-corrected chi connectivity index (χ4v) is 12.2. The number of esters is 4. The van der Waals surface area contributed by atoms with E-state index >= 15 is 0 Å². The predicted molar refractivity (Wildman–Crippen MR) is 363 cm³/mol. The molecule has 0 saturated carbocycles. The lowest BCUT2D eigenvalue weighted by Gasteiger charge is -2.21. The number of aliphatic hydroxyl groups excluding tert-OH is 1. The molecule has 0 fully saturated rings. The Hall–Kier alpha value is -1.94. The smallest absolute Gasteiger partial charge is 0.462 e. The maximum Gasteiger partial charge on any atom is 0.472 e. The first kappa shape index (κ1) is 88.1. The largest absolute Gasteiger partial charge is 0.472 e. The van der Waals surface area contributed by atoms with E-state index in [9.17, 15) is 43.2 Å². The zero-order valence-electron chi connectivity index (χ0n) is 58.8. The minimum absolute atomic E-state index is 0.102. The lowest BCUT2D eigenvalue weighted by Crippen LogP contribution is -2.30. The van der Waals surface area contributed by atoms with Crippen LogP contribution in [0.3, 0.4) is 0 Å². The van der Waals surface area contributed by atoms with Crippen LogP contribution in [0, 0.1) is 23.7 Å². The summed E-state index contributed by atoms with van der Waals surface area (Å²) in [7, 11) is -9.90. The summed E-state index contributed by atoms with van der Waals surface area (Å²) in [5.41, 5.74) is 0. The van der Waals surface area contributed by atoms with Crippen molar-refractivity contribution in [3.63, 3.8) is 0 Å². The highest BCUT2D eigenvalue weighted by molar-refractivity contribution is 7.47. The van der Waals surface area contributed by atoms with Crippen LogP contribution in [0.2, 0.25) is 0 Å². The summed E-state index contributed by atoms with van der Waals surface area (Å²) >= 11 is 0. The second-order valence-electron chi connectivity index (χ2n) is 27.5. The van der Waals surface area contributed by atoms with Crippen molar-refractivity contribution in [2.24, 2.45) is 23.7 Å². The summed E-state index contributed by atoms with van der Waals surface area (Å²) < 4.78 is 68.3. The molecule has 0 heterocycles. The number of rotatable bonds is 68. The minimum atomic E-state index is -4.95. The molecule has 3 N–H and O–H groups in total. The first-order chi connectivity index (χ1) is 43.1. The highest BCUT2D eigenvalue weighted by Crippen LogP contribution is 2.45. The normalized spacial score (nSPS) is 14.3. The Morgan fingerprint density at radius 1 is 0.278 bits per heavy atom. The molecule has 19 heteroatoms. The summed E-state index contributed by atoms with van der Waals surface area (Å²) in [6.45, 7) is 14.0. The van der Waals surface area contributed by atoms with Crippen molar-refractivity contribution in [1.82, 2.24) is 0 Å². The zero-order valence-corrected chi connectivity index (χ0v) is 60.6. The lowest BCUT2D eigenvalue weighted by atomic mass is 10.0. The van der Waals surface area contributed by atoms with Gasteiger partial charge in [-0.15, -0.1) is 0 Å². The van der Waals surface area contributed by atoms with Gasteiger partial charge in [-0.3, -0.25) is 37.3 Å². The van der Waals surface area contributed by atoms with Crippen molar-refractivity contribution in [2.45, 2.75) is 369 Å². The topological polar surface area (TPSA) is 237 Å². The van der Waals surface area contributed by atoms with Crippen LogP contribution < -0.4 is 0 Å². The summed E-state index contributed by atoms with van der Waals surface area (Å²) in [4.78, 5) is 72.5. The van der Waals surface area contributed by atoms with E-state index < -0.39 is 97.5 Å². The number of hydrogen-bond acceptors (Lipinski definition) is 15. The van der Waals surface area contributed by atoms with Crippen LogP contribution in [0.25, 0.3) is 0 Å². The van der Waals surface area contributed by atoms with E-state index in [1.807, 2.05) is 0 Å². The molecule has 0 spiro atoms. The number of hydrogen-bond donors (Lipinski definition) is 3. The molecule has 17 nitrogen and oxygen atoms in total. The number of phosphoric acid groups is 2. The molecule has 0 aromatic rings. The van der Waals surface area contributed by atoms with E-state index in [-0.39, 0.29) is 25.7 Å². The van der Waals surface area contributed by atoms with E-state index in [4.69, 9.17) is 37.0 Å². The molecular weight excluding hydrogens is 1190 g/mol. The van der Waals surface area contributed by atoms with E-state index in [2.05, 4.69) is 55.4 Å². The highest BCUT2D eigenvalue weighted by atomic mass is 31.2. The van der Waals surface area contributed by atoms with Crippen molar-refractivity contribution in [3.05, 3.63) is 0 Å². The summed E-state index contributed by atoms with van der Waals surface area (Å²) in [5.74, 6) is 0.812. The van der Waals surface area contributed by atoms with Gasteiger partial charge in [0.1, 0.15) is 19.3 Å². The van der Waals surface area contributed by atoms with Crippen molar-refractivity contribution in [3.8, 4) is 0 Å². The summed E-state index contributed by atoms with van der Waals surface area (Å²) in [6.07, 6.45) is 43.3. The Bertz CT molecular complexity index is 1780. The molecule has 5 atom stereocenters. The van der Waals surface area contributed by atoms with Crippen LogP contribution in [-0.2, 0) is 65.4 Å². The molecule has 0 radical (unpaired) electrons. The molecule has 0 aromatic heterocycles. The molecular formula is C71H138O17P2. The van der Waals surface area contributed by atoms with E-state index in [0.29, 0.717) is 37.5 Å². The van der Waals surface area contributed by atoms with E-state index in [1.54, 1.807) is 0 Å². The van der Waals surface area contributed by atoms with Gasteiger partial charge in [-0.25, -0.2) is 9.13 Å². The Morgan fingerprint density at radius 2 is 0.467 bits per heavy atom. The molecule has 90 heavy (non-hydrogen) atoms. The van der Waals surface area contributed by atoms with Crippen LogP contribution in [0.15, 0.2) is 0 Å². The van der Waals surface area contributed by atoms with Crippen molar-refractivity contribution in [2.75, 3.05) is 39.6 Å². The van der Waals surface area contributed by atoms with Crippen molar-refractivity contribution >= 4 is 39.5 Å². The average Bonchev–Trinajstić information content (AvgIpc) is 3.64. The Kier molecular flexibility index (Phi) is 59.4. The number of aliphatic hydroxyl groups is 1. The predicted octanol–water partition coefficient (Wildman–Crippen LogP) is 20.1. The SMILES string of the molecule is CC(C)CCCCCCCCCCCCCCCC(=O)OC[C@H](COP(=O)(O)OC[C@@H](O)COP(=O)(O)OC[C@@H](COC(=O)CCCCCCCCC(C)C)OC(=O)CCCCCCCCCC(C)C)OC(=O)CCCCCCCCCCCCCCC(C)C.